The van der Waals surface area contributed by atoms with Crippen molar-refractivity contribution >= 4 is 0 Å². The van der Waals surface area contributed by atoms with E-state index in [0.29, 0.717) is 24.0 Å². The van der Waals surface area contributed by atoms with E-state index in [1.54, 1.807) is 0 Å². The third-order valence-corrected chi connectivity index (χ3v) is 6.08. The quantitative estimate of drug-likeness (QED) is 0.664. The highest BCUT2D eigenvalue weighted by atomic mass is 16.5. The summed E-state index contributed by atoms with van der Waals surface area (Å²) in [5, 5.41) is 0. The minimum Gasteiger partial charge on any atom is -0.378 e. The van der Waals surface area contributed by atoms with Gasteiger partial charge in [0.15, 0.2) is 0 Å². The first-order valence-corrected chi connectivity index (χ1v) is 10.6. The third kappa shape index (κ3) is 5.30. The van der Waals surface area contributed by atoms with Crippen LogP contribution in [0.4, 0.5) is 0 Å². The van der Waals surface area contributed by atoms with Gasteiger partial charge in [0.05, 0.1) is 25.3 Å². The monoisotopic (exact) mass is 349 g/mol. The molecule has 0 aliphatic heterocycles. The summed E-state index contributed by atoms with van der Waals surface area (Å²) in [6.45, 7) is 8.11. The minimum absolute atomic E-state index is 0.454. The Morgan fingerprint density at radius 3 is 2.16 bits per heavy atom. The van der Waals surface area contributed by atoms with Crippen LogP contribution in [-0.2, 0) is 22.6 Å². The fourth-order valence-electron chi connectivity index (χ4n) is 4.83. The third-order valence-electron chi connectivity index (χ3n) is 6.08. The van der Waals surface area contributed by atoms with Crippen LogP contribution in [0.5, 0.6) is 0 Å². The fourth-order valence-corrected chi connectivity index (χ4v) is 4.83. The lowest BCUT2D eigenvalue weighted by Gasteiger charge is -2.30. The number of imidazole rings is 1. The number of hydrogen-bond donors (Lipinski definition) is 0. The topological polar surface area (TPSA) is 27.3 Å². The maximum atomic E-state index is 6.00. The lowest BCUT2D eigenvalue weighted by Crippen LogP contribution is -2.42. The lowest BCUT2D eigenvalue weighted by molar-refractivity contribution is -0.704. The zero-order chi connectivity index (χ0) is 17.5. The van der Waals surface area contributed by atoms with Crippen LogP contribution in [0.3, 0.4) is 0 Å². The van der Waals surface area contributed by atoms with Crippen molar-refractivity contribution in [1.29, 1.82) is 0 Å². The Morgan fingerprint density at radius 2 is 1.48 bits per heavy atom. The van der Waals surface area contributed by atoms with Gasteiger partial charge < -0.3 is 9.47 Å². The van der Waals surface area contributed by atoms with E-state index in [1.807, 2.05) is 0 Å². The Labute approximate surface area is 153 Å². The molecule has 4 unspecified atom stereocenters. The van der Waals surface area contributed by atoms with Crippen molar-refractivity contribution in [2.45, 2.75) is 90.5 Å². The molecule has 4 heteroatoms. The zero-order valence-electron chi connectivity index (χ0n) is 16.2. The number of rotatable bonds is 8. The summed E-state index contributed by atoms with van der Waals surface area (Å²) in [7, 11) is 0. The molecule has 2 aliphatic carbocycles. The van der Waals surface area contributed by atoms with Crippen LogP contribution in [-0.4, -0.2) is 30.0 Å². The van der Waals surface area contributed by atoms with Gasteiger partial charge in [-0.2, -0.15) is 0 Å². The molecule has 0 N–H and O–H groups in total. The molecule has 1 aromatic heterocycles. The molecule has 142 valence electrons. The van der Waals surface area contributed by atoms with Crippen molar-refractivity contribution in [1.82, 2.24) is 4.57 Å². The molecule has 0 bridgehead atoms. The van der Waals surface area contributed by atoms with Gasteiger partial charge in [0.1, 0.15) is 12.4 Å². The summed E-state index contributed by atoms with van der Waals surface area (Å²) in [5.41, 5.74) is 0. The fraction of sp³-hybridized carbons (Fsp3) is 0.857. The molecule has 0 spiro atoms. The molecule has 0 aromatic carbocycles. The molecule has 0 radical (unpaired) electrons. The molecule has 3 rings (SSSR count). The van der Waals surface area contributed by atoms with Crippen molar-refractivity contribution in [2.75, 3.05) is 13.2 Å². The molecule has 4 atom stereocenters. The van der Waals surface area contributed by atoms with Gasteiger partial charge in [-0.05, 0) is 39.5 Å². The van der Waals surface area contributed by atoms with E-state index in [4.69, 9.17) is 9.47 Å². The van der Waals surface area contributed by atoms with Crippen LogP contribution in [0.25, 0.3) is 0 Å². The standard InChI is InChI=1S/C21H37N2O2/c1-3-24-20-11-7-5-9-18(20)15-22-13-14-23(17-22)16-19-10-6-8-12-21(19)25-4-2/h13-14,17-21H,3-12,15-16H2,1-2H3/q+1. The van der Waals surface area contributed by atoms with Gasteiger partial charge in [-0.25, -0.2) is 9.13 Å². The Kier molecular flexibility index (Phi) is 7.35. The predicted molar refractivity (Wildman–Crippen MR) is 99.4 cm³/mol. The van der Waals surface area contributed by atoms with E-state index >= 15 is 0 Å². The highest BCUT2D eigenvalue weighted by Gasteiger charge is 2.29. The summed E-state index contributed by atoms with van der Waals surface area (Å²) in [6, 6.07) is 0. The summed E-state index contributed by atoms with van der Waals surface area (Å²) < 4.78 is 16.8. The smallest absolute Gasteiger partial charge is 0.243 e. The van der Waals surface area contributed by atoms with Crippen LogP contribution in [0, 0.1) is 11.8 Å². The molecule has 1 heterocycles. The van der Waals surface area contributed by atoms with Gasteiger partial charge >= 0.3 is 0 Å². The Morgan fingerprint density at radius 1 is 0.880 bits per heavy atom. The lowest BCUT2D eigenvalue weighted by atomic mass is 9.86. The van der Waals surface area contributed by atoms with Crippen LogP contribution in [0.15, 0.2) is 18.7 Å². The van der Waals surface area contributed by atoms with Crippen LogP contribution >= 0.6 is 0 Å². The van der Waals surface area contributed by atoms with Crippen molar-refractivity contribution in [3.8, 4) is 0 Å². The largest absolute Gasteiger partial charge is 0.378 e. The maximum absolute atomic E-state index is 6.00. The molecular weight excluding hydrogens is 312 g/mol. The molecule has 25 heavy (non-hydrogen) atoms. The molecular formula is C21H37N2O2+. The predicted octanol–water partition coefficient (Wildman–Crippen LogP) is 3.97. The number of hydrogen-bond acceptors (Lipinski definition) is 2. The molecule has 1 aromatic rings. The van der Waals surface area contributed by atoms with E-state index in [0.717, 1.165) is 26.3 Å². The van der Waals surface area contributed by atoms with E-state index < -0.39 is 0 Å². The van der Waals surface area contributed by atoms with Crippen LogP contribution in [0.2, 0.25) is 0 Å². The van der Waals surface area contributed by atoms with Crippen molar-refractivity contribution < 1.29 is 14.0 Å². The molecule has 0 amide bonds. The Bertz CT molecular complexity index is 455. The number of nitrogens with zero attached hydrogens (tertiary/aromatic N) is 2. The second-order valence-corrected chi connectivity index (χ2v) is 7.88. The molecule has 4 nitrogen and oxygen atoms in total. The molecule has 2 saturated carbocycles. The normalized spacial score (nSPS) is 30.5. The summed E-state index contributed by atoms with van der Waals surface area (Å²) in [5.74, 6) is 1.33. The van der Waals surface area contributed by atoms with Gasteiger partial charge in [-0.3, -0.25) is 0 Å². The van der Waals surface area contributed by atoms with Crippen molar-refractivity contribution in [3.63, 3.8) is 0 Å². The van der Waals surface area contributed by atoms with E-state index in [-0.39, 0.29) is 0 Å². The number of aromatic nitrogens is 2. The van der Waals surface area contributed by atoms with Gasteiger partial charge in [0.25, 0.3) is 0 Å². The SMILES string of the molecule is CCOC1CCCCC1Cn1cc[n+](CC2CCCCC2OCC)c1. The maximum Gasteiger partial charge on any atom is 0.243 e. The zero-order valence-corrected chi connectivity index (χ0v) is 16.2. The Hall–Kier alpha value is -0.870. The van der Waals surface area contributed by atoms with Gasteiger partial charge in [0.2, 0.25) is 6.33 Å². The average Bonchev–Trinajstić information content (AvgIpc) is 3.06. The first-order chi connectivity index (χ1) is 12.3. The van der Waals surface area contributed by atoms with E-state index in [2.05, 4.69) is 41.7 Å². The highest BCUT2D eigenvalue weighted by Crippen LogP contribution is 2.29. The summed E-state index contributed by atoms with van der Waals surface area (Å²) in [4.78, 5) is 0. The second-order valence-electron chi connectivity index (χ2n) is 7.88. The minimum atomic E-state index is 0.454. The molecule has 2 fully saturated rings. The van der Waals surface area contributed by atoms with E-state index in [1.165, 1.54) is 51.4 Å². The summed E-state index contributed by atoms with van der Waals surface area (Å²) in [6.07, 6.45) is 18.1. The molecule has 0 saturated heterocycles. The van der Waals surface area contributed by atoms with Crippen LogP contribution in [0.1, 0.15) is 65.2 Å². The average molecular weight is 350 g/mol. The van der Waals surface area contributed by atoms with Crippen molar-refractivity contribution in [2.24, 2.45) is 11.8 Å². The van der Waals surface area contributed by atoms with E-state index in [9.17, 15) is 0 Å². The Balaban J connectivity index is 1.56. The highest BCUT2D eigenvalue weighted by molar-refractivity contribution is 4.79. The van der Waals surface area contributed by atoms with Crippen LogP contribution < -0.4 is 4.57 Å². The van der Waals surface area contributed by atoms with Gasteiger partial charge in [-0.1, -0.05) is 25.7 Å². The first-order valence-electron chi connectivity index (χ1n) is 10.6. The number of ether oxygens (including phenoxy) is 2. The van der Waals surface area contributed by atoms with Gasteiger partial charge in [-0.15, -0.1) is 0 Å². The molecule has 2 aliphatic rings. The van der Waals surface area contributed by atoms with Gasteiger partial charge in [0, 0.05) is 25.0 Å². The summed E-state index contributed by atoms with van der Waals surface area (Å²) >= 11 is 0. The second kappa shape index (κ2) is 9.72. The van der Waals surface area contributed by atoms with Crippen molar-refractivity contribution in [3.05, 3.63) is 18.7 Å². The first kappa shape index (κ1) is 18.9.